The van der Waals surface area contributed by atoms with Gasteiger partial charge in [0, 0.05) is 5.02 Å². The van der Waals surface area contributed by atoms with E-state index in [1.54, 1.807) is 0 Å². The third-order valence-corrected chi connectivity index (χ3v) is 5.28. The SMILES string of the molecule is CC(C)(C)c1ccc(-c2cc(Cl)cc(-c3ccc(C(C)(C)C)cc3)c2)cc1. The molecule has 0 aromatic heterocycles. The molecule has 0 radical (unpaired) electrons. The molecule has 0 nitrogen and oxygen atoms in total. The number of hydrogen-bond acceptors (Lipinski definition) is 0. The van der Waals surface area contributed by atoms with Crippen molar-refractivity contribution in [1.82, 2.24) is 0 Å². The van der Waals surface area contributed by atoms with E-state index in [4.69, 9.17) is 11.6 Å². The molecule has 3 aromatic rings. The second-order valence-corrected chi connectivity index (χ2v) is 9.82. The normalized spacial score (nSPS) is 12.3. The molecule has 0 amide bonds. The number of halogens is 1. The first-order valence-electron chi connectivity index (χ1n) is 9.56. The summed E-state index contributed by atoms with van der Waals surface area (Å²) < 4.78 is 0. The molecule has 0 N–H and O–H groups in total. The molecule has 0 bridgehead atoms. The van der Waals surface area contributed by atoms with Crippen LogP contribution in [0, 0.1) is 0 Å². The van der Waals surface area contributed by atoms with Crippen LogP contribution in [0.4, 0.5) is 0 Å². The van der Waals surface area contributed by atoms with Gasteiger partial charge in [-0.2, -0.15) is 0 Å². The van der Waals surface area contributed by atoms with Crippen molar-refractivity contribution in [3.63, 3.8) is 0 Å². The summed E-state index contributed by atoms with van der Waals surface area (Å²) in [5, 5.41) is 0.766. The molecule has 0 unspecified atom stereocenters. The van der Waals surface area contributed by atoms with E-state index in [2.05, 4.69) is 96.1 Å². The lowest BCUT2D eigenvalue weighted by Crippen LogP contribution is -2.10. The summed E-state index contributed by atoms with van der Waals surface area (Å²) in [4.78, 5) is 0. The summed E-state index contributed by atoms with van der Waals surface area (Å²) in [5.41, 5.74) is 7.68. The quantitative estimate of drug-likeness (QED) is 0.422. The number of hydrogen-bond donors (Lipinski definition) is 0. The highest BCUT2D eigenvalue weighted by Crippen LogP contribution is 2.33. The molecular formula is C26H29Cl. The van der Waals surface area contributed by atoms with Crippen LogP contribution >= 0.6 is 11.6 Å². The zero-order chi connectivity index (χ0) is 19.8. The van der Waals surface area contributed by atoms with E-state index in [1.165, 1.54) is 22.3 Å². The zero-order valence-corrected chi connectivity index (χ0v) is 18.0. The highest BCUT2D eigenvalue weighted by molar-refractivity contribution is 6.31. The lowest BCUT2D eigenvalue weighted by Gasteiger charge is -2.20. The van der Waals surface area contributed by atoms with E-state index in [9.17, 15) is 0 Å². The lowest BCUT2D eigenvalue weighted by atomic mass is 9.85. The topological polar surface area (TPSA) is 0 Å². The van der Waals surface area contributed by atoms with Crippen LogP contribution < -0.4 is 0 Å². The van der Waals surface area contributed by atoms with E-state index < -0.39 is 0 Å². The first kappa shape index (κ1) is 19.7. The molecule has 0 spiro atoms. The van der Waals surface area contributed by atoms with Crippen LogP contribution in [-0.4, -0.2) is 0 Å². The molecule has 0 fully saturated rings. The maximum Gasteiger partial charge on any atom is 0.0418 e. The van der Waals surface area contributed by atoms with Gasteiger partial charge in [0.1, 0.15) is 0 Å². The molecule has 1 heteroatoms. The molecule has 3 rings (SSSR count). The Kier molecular flexibility index (Phi) is 5.23. The molecule has 0 aliphatic carbocycles. The van der Waals surface area contributed by atoms with Gasteiger partial charge in [-0.3, -0.25) is 0 Å². The van der Waals surface area contributed by atoms with E-state index in [1.807, 2.05) is 12.1 Å². The third kappa shape index (κ3) is 4.62. The molecule has 0 aliphatic rings. The van der Waals surface area contributed by atoms with Crippen molar-refractivity contribution < 1.29 is 0 Å². The average molecular weight is 377 g/mol. The van der Waals surface area contributed by atoms with Crippen molar-refractivity contribution in [3.05, 3.63) is 82.9 Å². The standard InChI is InChI=1S/C26H29Cl/c1-25(2,3)22-11-7-18(8-12-22)20-15-21(17-24(27)16-20)19-9-13-23(14-10-19)26(4,5)6/h7-17H,1-6H3. The average Bonchev–Trinajstić information content (AvgIpc) is 2.60. The van der Waals surface area contributed by atoms with Crippen molar-refractivity contribution >= 4 is 11.6 Å². The number of rotatable bonds is 2. The molecule has 140 valence electrons. The largest absolute Gasteiger partial charge is 0.0843 e. The van der Waals surface area contributed by atoms with Crippen LogP contribution in [0.25, 0.3) is 22.3 Å². The van der Waals surface area contributed by atoms with Crippen molar-refractivity contribution in [2.45, 2.75) is 52.4 Å². The lowest BCUT2D eigenvalue weighted by molar-refractivity contribution is 0.590. The molecule has 27 heavy (non-hydrogen) atoms. The van der Waals surface area contributed by atoms with Gasteiger partial charge in [-0.25, -0.2) is 0 Å². The van der Waals surface area contributed by atoms with Gasteiger partial charge in [0.05, 0.1) is 0 Å². The molecule has 0 saturated carbocycles. The Balaban J connectivity index is 1.97. The van der Waals surface area contributed by atoms with Crippen LogP contribution in [0.5, 0.6) is 0 Å². The van der Waals surface area contributed by atoms with E-state index in [-0.39, 0.29) is 10.8 Å². The predicted molar refractivity (Wildman–Crippen MR) is 120 cm³/mol. The van der Waals surface area contributed by atoms with Gasteiger partial charge in [-0.15, -0.1) is 0 Å². The maximum atomic E-state index is 6.46. The Morgan fingerprint density at radius 3 is 1.11 bits per heavy atom. The van der Waals surface area contributed by atoms with Crippen LogP contribution in [0.2, 0.25) is 5.02 Å². The summed E-state index contributed by atoms with van der Waals surface area (Å²) >= 11 is 6.46. The molecule has 0 heterocycles. The summed E-state index contributed by atoms with van der Waals surface area (Å²) in [6.45, 7) is 13.4. The summed E-state index contributed by atoms with van der Waals surface area (Å²) in [6, 6.07) is 23.9. The van der Waals surface area contributed by atoms with Crippen molar-refractivity contribution in [2.75, 3.05) is 0 Å². The Morgan fingerprint density at radius 2 is 0.815 bits per heavy atom. The number of benzene rings is 3. The monoisotopic (exact) mass is 376 g/mol. The van der Waals surface area contributed by atoms with Crippen molar-refractivity contribution in [1.29, 1.82) is 0 Å². The zero-order valence-electron chi connectivity index (χ0n) is 17.2. The van der Waals surface area contributed by atoms with E-state index in [0.717, 1.165) is 16.1 Å². The van der Waals surface area contributed by atoms with Gasteiger partial charge in [0.15, 0.2) is 0 Å². The fourth-order valence-corrected chi connectivity index (χ4v) is 3.48. The van der Waals surface area contributed by atoms with Crippen LogP contribution in [0.1, 0.15) is 52.7 Å². The van der Waals surface area contributed by atoms with Gasteiger partial charge in [0.25, 0.3) is 0 Å². The Bertz CT molecular complexity index is 842. The van der Waals surface area contributed by atoms with Gasteiger partial charge in [-0.1, -0.05) is 102 Å². The highest BCUT2D eigenvalue weighted by Gasteiger charge is 2.15. The second kappa shape index (κ2) is 7.17. The van der Waals surface area contributed by atoms with Crippen LogP contribution in [0.15, 0.2) is 66.7 Å². The van der Waals surface area contributed by atoms with Crippen molar-refractivity contribution in [3.8, 4) is 22.3 Å². The minimum atomic E-state index is 0.160. The van der Waals surface area contributed by atoms with Gasteiger partial charge in [-0.05, 0) is 62.4 Å². The Hall–Kier alpha value is -2.05. The minimum absolute atomic E-state index is 0.160. The van der Waals surface area contributed by atoms with Gasteiger partial charge >= 0.3 is 0 Å². The minimum Gasteiger partial charge on any atom is -0.0843 e. The van der Waals surface area contributed by atoms with Crippen molar-refractivity contribution in [2.24, 2.45) is 0 Å². The smallest absolute Gasteiger partial charge is 0.0418 e. The third-order valence-electron chi connectivity index (χ3n) is 5.07. The molecule has 0 aliphatic heterocycles. The fourth-order valence-electron chi connectivity index (χ4n) is 3.25. The predicted octanol–water partition coefficient (Wildman–Crippen LogP) is 8.27. The molecule has 3 aromatic carbocycles. The Labute approximate surface area is 169 Å². The van der Waals surface area contributed by atoms with Crippen LogP contribution in [0.3, 0.4) is 0 Å². The maximum absolute atomic E-state index is 6.46. The van der Waals surface area contributed by atoms with Gasteiger partial charge in [0.2, 0.25) is 0 Å². The van der Waals surface area contributed by atoms with E-state index in [0.29, 0.717) is 0 Å². The summed E-state index contributed by atoms with van der Waals surface area (Å²) in [5.74, 6) is 0. The van der Waals surface area contributed by atoms with Gasteiger partial charge < -0.3 is 0 Å². The summed E-state index contributed by atoms with van der Waals surface area (Å²) in [6.07, 6.45) is 0. The second-order valence-electron chi connectivity index (χ2n) is 9.38. The van der Waals surface area contributed by atoms with E-state index >= 15 is 0 Å². The first-order chi connectivity index (χ1) is 12.5. The fraction of sp³-hybridized carbons (Fsp3) is 0.308. The molecular weight excluding hydrogens is 348 g/mol. The Morgan fingerprint density at radius 1 is 0.481 bits per heavy atom. The highest BCUT2D eigenvalue weighted by atomic mass is 35.5. The van der Waals surface area contributed by atoms with Crippen LogP contribution in [-0.2, 0) is 10.8 Å². The molecule has 0 atom stereocenters. The molecule has 0 saturated heterocycles. The first-order valence-corrected chi connectivity index (χ1v) is 9.94. The summed E-state index contributed by atoms with van der Waals surface area (Å²) in [7, 11) is 0.